The van der Waals surface area contributed by atoms with E-state index in [1.54, 1.807) is 24.3 Å². The van der Waals surface area contributed by atoms with Crippen LogP contribution in [0.15, 0.2) is 24.3 Å². The summed E-state index contributed by atoms with van der Waals surface area (Å²) in [7, 11) is 0. The van der Waals surface area contributed by atoms with E-state index in [0.717, 1.165) is 45.1 Å². The van der Waals surface area contributed by atoms with Gasteiger partial charge >= 0.3 is 5.97 Å². The summed E-state index contributed by atoms with van der Waals surface area (Å²) in [6, 6.07) is 8.81. The Morgan fingerprint density at radius 2 is 1.84 bits per heavy atom. The first-order chi connectivity index (χ1) is 12.2. The Morgan fingerprint density at radius 1 is 1.12 bits per heavy atom. The lowest BCUT2D eigenvalue weighted by molar-refractivity contribution is -0.141. The van der Waals surface area contributed by atoms with Gasteiger partial charge in [-0.2, -0.15) is 5.26 Å². The standard InChI is InChI=1S/C21H27NO3/c1-2-11-24-20-10-7-16-12-18(6-5-17(16)13-20)21(23)25-19-8-3-15(14-22)4-9-19/h3-4,8-9,16-18,20H,2,5-7,10-13H2,1H3/t16?,17-,18-,20?/m1/s1. The van der Waals surface area contributed by atoms with Crippen LogP contribution in [0, 0.1) is 29.1 Å². The second-order valence-corrected chi connectivity index (χ2v) is 7.39. The summed E-state index contributed by atoms with van der Waals surface area (Å²) in [6.45, 7) is 3.01. The topological polar surface area (TPSA) is 59.3 Å². The van der Waals surface area contributed by atoms with Crippen molar-refractivity contribution >= 4 is 5.97 Å². The minimum Gasteiger partial charge on any atom is -0.426 e. The number of nitrogens with zero attached hydrogens (tertiary/aromatic N) is 1. The molecule has 0 amide bonds. The Hall–Kier alpha value is -1.86. The normalized spacial score (nSPS) is 28.6. The molecule has 0 saturated heterocycles. The molecule has 4 nitrogen and oxygen atoms in total. The van der Waals surface area contributed by atoms with Gasteiger partial charge in [-0.15, -0.1) is 0 Å². The number of carbonyl (C=O) groups excluding carboxylic acids is 1. The van der Waals surface area contributed by atoms with Crippen molar-refractivity contribution in [2.24, 2.45) is 17.8 Å². The van der Waals surface area contributed by atoms with Crippen molar-refractivity contribution in [3.63, 3.8) is 0 Å². The summed E-state index contributed by atoms with van der Waals surface area (Å²) in [4.78, 5) is 12.5. The quantitative estimate of drug-likeness (QED) is 0.585. The van der Waals surface area contributed by atoms with Gasteiger partial charge in [-0.05, 0) is 81.0 Å². The van der Waals surface area contributed by atoms with E-state index in [0.29, 0.717) is 29.3 Å². The highest BCUT2D eigenvalue weighted by molar-refractivity contribution is 5.75. The first-order valence-electron chi connectivity index (χ1n) is 9.53. The van der Waals surface area contributed by atoms with Crippen LogP contribution in [0.25, 0.3) is 0 Å². The molecule has 2 unspecified atom stereocenters. The number of hydrogen-bond acceptors (Lipinski definition) is 4. The minimum atomic E-state index is -0.118. The Morgan fingerprint density at radius 3 is 2.56 bits per heavy atom. The lowest BCUT2D eigenvalue weighted by Gasteiger charge is -2.41. The van der Waals surface area contributed by atoms with Gasteiger partial charge in [-0.1, -0.05) is 6.92 Å². The van der Waals surface area contributed by atoms with E-state index in [9.17, 15) is 4.79 Å². The molecule has 0 aliphatic heterocycles. The first kappa shape index (κ1) is 17.9. The van der Waals surface area contributed by atoms with Gasteiger partial charge in [0.15, 0.2) is 0 Å². The molecule has 0 heterocycles. The summed E-state index contributed by atoms with van der Waals surface area (Å²) in [5.74, 6) is 1.75. The number of ether oxygens (including phenoxy) is 2. The van der Waals surface area contributed by atoms with Crippen LogP contribution in [-0.2, 0) is 9.53 Å². The van der Waals surface area contributed by atoms with Gasteiger partial charge in [-0.25, -0.2) is 0 Å². The second kappa shape index (κ2) is 8.49. The van der Waals surface area contributed by atoms with E-state index >= 15 is 0 Å². The van der Waals surface area contributed by atoms with E-state index in [4.69, 9.17) is 14.7 Å². The first-order valence-corrected chi connectivity index (χ1v) is 9.53. The molecule has 2 aliphatic rings. The fraction of sp³-hybridized carbons (Fsp3) is 0.619. The zero-order valence-electron chi connectivity index (χ0n) is 14.9. The van der Waals surface area contributed by atoms with Gasteiger partial charge in [0, 0.05) is 6.61 Å². The molecule has 1 aromatic carbocycles. The zero-order chi connectivity index (χ0) is 17.6. The van der Waals surface area contributed by atoms with Crippen LogP contribution in [0.3, 0.4) is 0 Å². The third-order valence-corrected chi connectivity index (χ3v) is 5.66. The number of esters is 1. The smallest absolute Gasteiger partial charge is 0.314 e. The van der Waals surface area contributed by atoms with E-state index in [2.05, 4.69) is 13.0 Å². The molecule has 25 heavy (non-hydrogen) atoms. The Kier molecular flexibility index (Phi) is 6.09. The maximum atomic E-state index is 12.5. The SMILES string of the molecule is CCCOC1CCC2C[C@H](C(=O)Oc3ccc(C#N)cc3)CC[C@@H]2C1. The zero-order valence-corrected chi connectivity index (χ0v) is 14.9. The van der Waals surface area contributed by atoms with Crippen LogP contribution in [0.2, 0.25) is 0 Å². The number of benzene rings is 1. The van der Waals surface area contributed by atoms with Crippen molar-refractivity contribution in [1.82, 2.24) is 0 Å². The Labute approximate surface area is 150 Å². The molecule has 0 bridgehead atoms. The molecular formula is C21H27NO3. The summed E-state index contributed by atoms with van der Waals surface area (Å²) >= 11 is 0. The molecule has 3 rings (SSSR count). The highest BCUT2D eigenvalue weighted by Crippen LogP contribution is 2.43. The van der Waals surface area contributed by atoms with E-state index < -0.39 is 0 Å². The van der Waals surface area contributed by atoms with E-state index in [-0.39, 0.29) is 11.9 Å². The number of fused-ring (bicyclic) bond motifs is 1. The van der Waals surface area contributed by atoms with Gasteiger partial charge in [0.2, 0.25) is 0 Å². The van der Waals surface area contributed by atoms with Gasteiger partial charge in [-0.3, -0.25) is 4.79 Å². The van der Waals surface area contributed by atoms with Crippen molar-refractivity contribution in [3.05, 3.63) is 29.8 Å². The predicted octanol–water partition coefficient (Wildman–Crippen LogP) is 4.48. The van der Waals surface area contributed by atoms with Crippen LogP contribution < -0.4 is 4.74 Å². The highest BCUT2D eigenvalue weighted by Gasteiger charge is 2.38. The molecule has 4 atom stereocenters. The minimum absolute atomic E-state index is 0.00463. The summed E-state index contributed by atoms with van der Waals surface area (Å²) in [5, 5.41) is 8.82. The molecule has 0 N–H and O–H groups in total. The fourth-order valence-electron chi connectivity index (χ4n) is 4.29. The van der Waals surface area contributed by atoms with Crippen LogP contribution in [-0.4, -0.2) is 18.7 Å². The Bertz CT molecular complexity index is 619. The van der Waals surface area contributed by atoms with Crippen LogP contribution in [0.4, 0.5) is 0 Å². The third-order valence-electron chi connectivity index (χ3n) is 5.66. The molecule has 2 fully saturated rings. The van der Waals surface area contributed by atoms with Crippen LogP contribution in [0.5, 0.6) is 5.75 Å². The van der Waals surface area contributed by atoms with Crippen molar-refractivity contribution in [1.29, 1.82) is 5.26 Å². The lowest BCUT2D eigenvalue weighted by atomic mass is 9.67. The number of rotatable bonds is 5. The maximum absolute atomic E-state index is 12.5. The van der Waals surface area contributed by atoms with Gasteiger partial charge in [0.05, 0.1) is 23.7 Å². The molecule has 4 heteroatoms. The average molecular weight is 341 g/mol. The van der Waals surface area contributed by atoms with Gasteiger partial charge in [0.1, 0.15) is 5.75 Å². The van der Waals surface area contributed by atoms with Crippen molar-refractivity contribution in [2.45, 2.75) is 58.0 Å². The molecule has 2 saturated carbocycles. The number of nitriles is 1. The van der Waals surface area contributed by atoms with Gasteiger partial charge < -0.3 is 9.47 Å². The molecule has 0 radical (unpaired) electrons. The average Bonchev–Trinajstić information content (AvgIpc) is 2.66. The van der Waals surface area contributed by atoms with E-state index in [1.165, 1.54) is 6.42 Å². The number of carbonyl (C=O) groups is 1. The maximum Gasteiger partial charge on any atom is 0.314 e. The fourth-order valence-corrected chi connectivity index (χ4v) is 4.29. The molecule has 134 valence electrons. The molecule has 2 aliphatic carbocycles. The van der Waals surface area contributed by atoms with Crippen LogP contribution >= 0.6 is 0 Å². The predicted molar refractivity (Wildman–Crippen MR) is 95.0 cm³/mol. The van der Waals surface area contributed by atoms with Crippen molar-refractivity contribution in [3.8, 4) is 11.8 Å². The van der Waals surface area contributed by atoms with Gasteiger partial charge in [0.25, 0.3) is 0 Å². The monoisotopic (exact) mass is 341 g/mol. The summed E-state index contributed by atoms with van der Waals surface area (Å²) in [6.07, 6.45) is 7.90. The largest absolute Gasteiger partial charge is 0.426 e. The molecule has 0 aromatic heterocycles. The molecular weight excluding hydrogens is 314 g/mol. The molecule has 1 aromatic rings. The van der Waals surface area contributed by atoms with Crippen molar-refractivity contribution < 1.29 is 14.3 Å². The highest BCUT2D eigenvalue weighted by atomic mass is 16.5. The van der Waals surface area contributed by atoms with E-state index in [1.807, 2.05) is 0 Å². The molecule has 0 spiro atoms. The van der Waals surface area contributed by atoms with Crippen LogP contribution in [0.1, 0.15) is 57.4 Å². The lowest BCUT2D eigenvalue weighted by Crippen LogP contribution is -2.37. The summed E-state index contributed by atoms with van der Waals surface area (Å²) < 4.78 is 11.5. The third kappa shape index (κ3) is 4.61. The second-order valence-electron chi connectivity index (χ2n) is 7.39. The Balaban J connectivity index is 1.50. The van der Waals surface area contributed by atoms with Crippen molar-refractivity contribution in [2.75, 3.05) is 6.61 Å². The summed E-state index contributed by atoms with van der Waals surface area (Å²) in [5.41, 5.74) is 0.572. The number of hydrogen-bond donors (Lipinski definition) is 0.